The number of nitrogens with one attached hydrogen (secondary N) is 2. The van der Waals surface area contributed by atoms with Crippen LogP contribution in [0.5, 0.6) is 11.5 Å². The maximum Gasteiger partial charge on any atom is 0.319 e. The number of anilines is 1. The Balaban J connectivity index is 1.43. The number of carbonyl (C=O) groups is 1. The van der Waals surface area contributed by atoms with E-state index in [1.54, 1.807) is 42.9 Å². The Labute approximate surface area is 192 Å². The van der Waals surface area contributed by atoms with E-state index >= 15 is 0 Å². The zero-order valence-electron chi connectivity index (χ0n) is 17.9. The molecular weight excluding hydrogens is 414 g/mol. The van der Waals surface area contributed by atoms with E-state index in [4.69, 9.17) is 4.74 Å². The van der Waals surface area contributed by atoms with Gasteiger partial charge in [-0.15, -0.1) is 0 Å². The number of amides is 2. The van der Waals surface area contributed by atoms with Crippen molar-refractivity contribution in [2.75, 3.05) is 11.9 Å². The van der Waals surface area contributed by atoms with Crippen LogP contribution in [0.1, 0.15) is 23.7 Å². The molecule has 164 valence electrons. The van der Waals surface area contributed by atoms with Crippen LogP contribution in [0.4, 0.5) is 10.5 Å². The Morgan fingerprint density at radius 2 is 2.09 bits per heavy atom. The summed E-state index contributed by atoms with van der Waals surface area (Å²) >= 11 is 0. The Morgan fingerprint density at radius 3 is 2.91 bits per heavy atom. The number of nitriles is 1. The van der Waals surface area contributed by atoms with Crippen LogP contribution < -0.4 is 15.4 Å². The number of allylic oxidation sites excluding steroid dienone is 5. The smallest absolute Gasteiger partial charge is 0.319 e. The SMILES string of the molecule is C=C1/C=C\C=C/CC(CNC(=O)Nc2ccc(C#N)c(Oc3ccccc3)c2)n2cncc21. The number of aromatic nitrogens is 2. The molecule has 0 spiro atoms. The summed E-state index contributed by atoms with van der Waals surface area (Å²) in [7, 11) is 0. The molecule has 0 saturated heterocycles. The number of nitrogens with zero attached hydrogens (tertiary/aromatic N) is 3. The summed E-state index contributed by atoms with van der Waals surface area (Å²) in [5.41, 5.74) is 2.67. The zero-order valence-corrected chi connectivity index (χ0v) is 17.9. The molecule has 33 heavy (non-hydrogen) atoms. The summed E-state index contributed by atoms with van der Waals surface area (Å²) in [5, 5.41) is 15.1. The average molecular weight is 438 g/mol. The van der Waals surface area contributed by atoms with E-state index in [0.717, 1.165) is 17.7 Å². The molecule has 3 aromatic rings. The number of hydrogen-bond acceptors (Lipinski definition) is 4. The first-order valence-electron chi connectivity index (χ1n) is 10.5. The number of para-hydroxylation sites is 1. The Bertz CT molecular complexity index is 1250. The standard InChI is InChI=1S/C26H23N5O2/c1-19-8-4-2-5-9-22(31-18-28-17-24(19)31)16-29-26(32)30-21-13-12-20(15-27)25(14-21)33-23-10-6-3-7-11-23/h2-8,10-14,17-18,22H,1,9,16H2,(H2,29,30,32)/b5-2-,8-4-. The molecule has 7 nitrogen and oxygen atoms in total. The third-order valence-corrected chi connectivity index (χ3v) is 5.17. The quantitative estimate of drug-likeness (QED) is 0.556. The van der Waals surface area contributed by atoms with Gasteiger partial charge in [-0.05, 0) is 36.3 Å². The number of fused-ring (bicyclic) bond motifs is 1. The number of carbonyl (C=O) groups excluding carboxylic acids is 1. The molecular formula is C26H23N5O2. The van der Waals surface area contributed by atoms with Crippen LogP contribution in [-0.4, -0.2) is 22.1 Å². The minimum atomic E-state index is -0.354. The highest BCUT2D eigenvalue weighted by molar-refractivity contribution is 5.89. The largest absolute Gasteiger partial charge is 0.456 e. The van der Waals surface area contributed by atoms with Gasteiger partial charge in [0, 0.05) is 18.3 Å². The summed E-state index contributed by atoms with van der Waals surface area (Å²) < 4.78 is 7.85. The maximum absolute atomic E-state index is 12.6. The molecule has 0 radical (unpaired) electrons. The van der Waals surface area contributed by atoms with Gasteiger partial charge in [0.1, 0.15) is 17.6 Å². The molecule has 7 heteroatoms. The van der Waals surface area contributed by atoms with Gasteiger partial charge in [0.15, 0.2) is 0 Å². The molecule has 1 atom stereocenters. The van der Waals surface area contributed by atoms with Crippen molar-refractivity contribution in [1.29, 1.82) is 5.26 Å². The summed E-state index contributed by atoms with van der Waals surface area (Å²) in [5.74, 6) is 0.980. The van der Waals surface area contributed by atoms with Gasteiger partial charge in [0.2, 0.25) is 0 Å². The number of rotatable bonds is 5. The van der Waals surface area contributed by atoms with Crippen molar-refractivity contribution in [3.8, 4) is 17.6 Å². The lowest BCUT2D eigenvalue weighted by molar-refractivity contribution is 0.250. The first-order valence-corrected chi connectivity index (χ1v) is 10.5. The van der Waals surface area contributed by atoms with Crippen molar-refractivity contribution in [3.63, 3.8) is 0 Å². The highest BCUT2D eigenvalue weighted by atomic mass is 16.5. The van der Waals surface area contributed by atoms with Crippen molar-refractivity contribution in [2.45, 2.75) is 12.5 Å². The first kappa shape index (κ1) is 21.7. The molecule has 0 fully saturated rings. The van der Waals surface area contributed by atoms with Gasteiger partial charge in [-0.3, -0.25) is 0 Å². The molecule has 0 bridgehead atoms. The van der Waals surface area contributed by atoms with Crippen LogP contribution in [0.25, 0.3) is 5.57 Å². The minimum absolute atomic E-state index is 0.0147. The lowest BCUT2D eigenvalue weighted by atomic mass is 10.1. The van der Waals surface area contributed by atoms with Crippen molar-refractivity contribution in [1.82, 2.24) is 14.9 Å². The topological polar surface area (TPSA) is 92.0 Å². The molecule has 4 rings (SSSR count). The fourth-order valence-electron chi connectivity index (χ4n) is 3.49. The van der Waals surface area contributed by atoms with Gasteiger partial charge in [0.05, 0.1) is 29.8 Å². The van der Waals surface area contributed by atoms with E-state index in [-0.39, 0.29) is 12.1 Å². The number of imidazole rings is 1. The Morgan fingerprint density at radius 1 is 1.24 bits per heavy atom. The average Bonchev–Trinajstić information content (AvgIpc) is 3.32. The lowest BCUT2D eigenvalue weighted by Gasteiger charge is -2.20. The van der Waals surface area contributed by atoms with Gasteiger partial charge >= 0.3 is 6.03 Å². The second kappa shape index (κ2) is 10.2. The van der Waals surface area contributed by atoms with Gasteiger partial charge in [-0.25, -0.2) is 9.78 Å². The summed E-state index contributed by atoms with van der Waals surface area (Å²) in [6.45, 7) is 4.49. The van der Waals surface area contributed by atoms with E-state index in [9.17, 15) is 10.1 Å². The van der Waals surface area contributed by atoms with Crippen LogP contribution in [0.15, 0.2) is 91.9 Å². The van der Waals surface area contributed by atoms with E-state index in [1.165, 1.54) is 0 Å². The van der Waals surface area contributed by atoms with Gasteiger partial charge < -0.3 is 19.9 Å². The van der Waals surface area contributed by atoms with Gasteiger partial charge in [0.25, 0.3) is 0 Å². The highest BCUT2D eigenvalue weighted by Crippen LogP contribution is 2.28. The predicted molar refractivity (Wildman–Crippen MR) is 128 cm³/mol. The number of ether oxygens (including phenoxy) is 1. The molecule has 1 aliphatic rings. The van der Waals surface area contributed by atoms with Gasteiger partial charge in [-0.1, -0.05) is 49.1 Å². The van der Waals surface area contributed by atoms with Crippen LogP contribution >= 0.6 is 0 Å². The molecule has 0 saturated carbocycles. The zero-order chi connectivity index (χ0) is 23.0. The van der Waals surface area contributed by atoms with Gasteiger partial charge in [-0.2, -0.15) is 5.26 Å². The van der Waals surface area contributed by atoms with E-state index in [0.29, 0.717) is 29.3 Å². The molecule has 2 heterocycles. The normalized spacial score (nSPS) is 16.8. The minimum Gasteiger partial charge on any atom is -0.456 e. The molecule has 2 aromatic carbocycles. The van der Waals surface area contributed by atoms with E-state index in [2.05, 4.69) is 34.3 Å². The number of urea groups is 1. The van der Waals surface area contributed by atoms with E-state index < -0.39 is 0 Å². The second-order valence-electron chi connectivity index (χ2n) is 7.46. The second-order valence-corrected chi connectivity index (χ2v) is 7.46. The Hall–Kier alpha value is -4.57. The maximum atomic E-state index is 12.6. The van der Waals surface area contributed by atoms with Crippen LogP contribution in [0.2, 0.25) is 0 Å². The lowest BCUT2D eigenvalue weighted by Crippen LogP contribution is -2.34. The number of hydrogen-bond donors (Lipinski definition) is 2. The summed E-state index contributed by atoms with van der Waals surface area (Å²) in [4.78, 5) is 16.9. The fraction of sp³-hybridized carbons (Fsp3) is 0.115. The monoisotopic (exact) mass is 437 g/mol. The fourth-order valence-corrected chi connectivity index (χ4v) is 3.49. The third kappa shape index (κ3) is 5.38. The molecule has 0 aliphatic carbocycles. The molecule has 2 amide bonds. The third-order valence-electron chi connectivity index (χ3n) is 5.17. The molecule has 1 aliphatic heterocycles. The summed E-state index contributed by atoms with van der Waals surface area (Å²) in [6.07, 6.45) is 12.2. The predicted octanol–water partition coefficient (Wildman–Crippen LogP) is 5.44. The summed E-state index contributed by atoms with van der Waals surface area (Å²) in [6, 6.07) is 15.8. The van der Waals surface area contributed by atoms with Crippen molar-refractivity contribution < 1.29 is 9.53 Å². The molecule has 1 unspecified atom stereocenters. The van der Waals surface area contributed by atoms with E-state index in [1.807, 2.05) is 41.0 Å². The van der Waals surface area contributed by atoms with Crippen LogP contribution in [0.3, 0.4) is 0 Å². The van der Waals surface area contributed by atoms with Crippen molar-refractivity contribution in [2.24, 2.45) is 0 Å². The van der Waals surface area contributed by atoms with Crippen molar-refractivity contribution >= 4 is 17.3 Å². The van der Waals surface area contributed by atoms with Crippen LogP contribution in [-0.2, 0) is 0 Å². The molecule has 2 N–H and O–H groups in total. The highest BCUT2D eigenvalue weighted by Gasteiger charge is 2.16. The molecule has 1 aromatic heterocycles. The first-order chi connectivity index (χ1) is 16.1. The van der Waals surface area contributed by atoms with Crippen molar-refractivity contribution in [3.05, 3.63) is 103 Å². The van der Waals surface area contributed by atoms with Crippen LogP contribution in [0, 0.1) is 11.3 Å². The Kier molecular flexibility index (Phi) is 6.67. The number of benzene rings is 2.